The molecule has 1 aromatic carbocycles. The van der Waals surface area contributed by atoms with Gasteiger partial charge in [0.05, 0.1) is 24.7 Å². The van der Waals surface area contributed by atoms with E-state index in [9.17, 15) is 4.79 Å². The number of benzene rings is 1. The molecule has 108 valence electrons. The maximum absolute atomic E-state index is 12.0. The third kappa shape index (κ3) is 4.08. The van der Waals surface area contributed by atoms with Crippen LogP contribution in [0.15, 0.2) is 34.9 Å². The van der Waals surface area contributed by atoms with Gasteiger partial charge in [0.25, 0.3) is 0 Å². The predicted octanol–water partition coefficient (Wildman–Crippen LogP) is 1.93. The first kappa shape index (κ1) is 14.6. The molecule has 21 heavy (non-hydrogen) atoms. The fourth-order valence-corrected chi connectivity index (χ4v) is 1.80. The number of nitrogens with one attached hydrogen (secondary N) is 1. The van der Waals surface area contributed by atoms with Crippen LogP contribution in [-0.4, -0.2) is 29.6 Å². The van der Waals surface area contributed by atoms with Gasteiger partial charge in [-0.15, -0.1) is 0 Å². The van der Waals surface area contributed by atoms with Crippen molar-refractivity contribution in [1.29, 1.82) is 5.26 Å². The van der Waals surface area contributed by atoms with Crippen LogP contribution >= 0.6 is 0 Å². The lowest BCUT2D eigenvalue weighted by Gasteiger charge is -2.16. The molecule has 2 rings (SSSR count). The molecule has 2 aromatic rings. The van der Waals surface area contributed by atoms with Crippen LogP contribution in [0.4, 0.5) is 5.69 Å². The summed E-state index contributed by atoms with van der Waals surface area (Å²) in [5.74, 6) is 0.668. The van der Waals surface area contributed by atoms with Crippen molar-refractivity contribution in [3.05, 3.63) is 47.3 Å². The Morgan fingerprint density at radius 2 is 2.14 bits per heavy atom. The molecular formula is C15H16N4O2. The summed E-state index contributed by atoms with van der Waals surface area (Å²) in [5, 5.41) is 15.6. The second kappa shape index (κ2) is 6.57. The molecule has 0 radical (unpaired) electrons. The molecule has 0 aliphatic carbocycles. The summed E-state index contributed by atoms with van der Waals surface area (Å²) < 4.78 is 4.97. The summed E-state index contributed by atoms with van der Waals surface area (Å²) in [6.07, 6.45) is 0. The Morgan fingerprint density at radius 1 is 1.43 bits per heavy atom. The van der Waals surface area contributed by atoms with Crippen LogP contribution in [0.5, 0.6) is 0 Å². The van der Waals surface area contributed by atoms with Crippen molar-refractivity contribution in [2.75, 3.05) is 18.9 Å². The number of carbonyl (C=O) groups excluding carboxylic acids is 1. The molecule has 0 unspecified atom stereocenters. The smallest absolute Gasteiger partial charge is 0.241 e. The topological polar surface area (TPSA) is 82.2 Å². The van der Waals surface area contributed by atoms with E-state index in [0.717, 1.165) is 17.1 Å². The van der Waals surface area contributed by atoms with Crippen LogP contribution < -0.4 is 5.32 Å². The average molecular weight is 284 g/mol. The van der Waals surface area contributed by atoms with E-state index in [4.69, 9.17) is 9.78 Å². The minimum Gasteiger partial charge on any atom is -0.376 e. The molecule has 0 aliphatic rings. The van der Waals surface area contributed by atoms with E-state index < -0.39 is 0 Å². The number of aryl methyl sites for hydroxylation is 1. The van der Waals surface area contributed by atoms with Gasteiger partial charge in [0.15, 0.2) is 0 Å². The largest absolute Gasteiger partial charge is 0.376 e. The van der Waals surface area contributed by atoms with Gasteiger partial charge in [-0.05, 0) is 31.2 Å². The van der Waals surface area contributed by atoms with Gasteiger partial charge in [-0.3, -0.25) is 4.79 Å². The molecule has 1 N–H and O–H groups in total. The Hall–Kier alpha value is -2.81. The molecule has 1 aromatic heterocycles. The number of hydrogen-bond donors (Lipinski definition) is 1. The SMILES string of the molecule is Cc1cc(CN(C)C(=O)CNc2ccc(C#N)cc2)no1. The molecule has 0 spiro atoms. The first-order chi connectivity index (χ1) is 10.1. The number of amides is 1. The maximum atomic E-state index is 12.0. The lowest BCUT2D eigenvalue weighted by atomic mass is 10.2. The molecule has 1 amide bonds. The van der Waals surface area contributed by atoms with E-state index in [1.165, 1.54) is 0 Å². The van der Waals surface area contributed by atoms with Gasteiger partial charge in [-0.25, -0.2) is 0 Å². The van der Waals surface area contributed by atoms with Gasteiger partial charge in [0, 0.05) is 18.8 Å². The monoisotopic (exact) mass is 284 g/mol. The Morgan fingerprint density at radius 3 is 2.71 bits per heavy atom. The summed E-state index contributed by atoms with van der Waals surface area (Å²) in [5.41, 5.74) is 2.11. The maximum Gasteiger partial charge on any atom is 0.241 e. The molecule has 0 atom stereocenters. The van der Waals surface area contributed by atoms with Crippen LogP contribution in [0.2, 0.25) is 0 Å². The lowest BCUT2D eigenvalue weighted by Crippen LogP contribution is -2.31. The van der Waals surface area contributed by atoms with E-state index in [1.807, 2.05) is 13.0 Å². The van der Waals surface area contributed by atoms with Crippen LogP contribution in [0.1, 0.15) is 17.0 Å². The highest BCUT2D eigenvalue weighted by molar-refractivity contribution is 5.80. The molecule has 0 aliphatic heterocycles. The number of rotatable bonds is 5. The lowest BCUT2D eigenvalue weighted by molar-refractivity contribution is -0.128. The van der Waals surface area contributed by atoms with Crippen molar-refractivity contribution < 1.29 is 9.32 Å². The molecule has 6 nitrogen and oxygen atoms in total. The fourth-order valence-electron chi connectivity index (χ4n) is 1.80. The molecule has 0 saturated heterocycles. The van der Waals surface area contributed by atoms with Crippen LogP contribution in [0.25, 0.3) is 0 Å². The van der Waals surface area contributed by atoms with Gasteiger partial charge in [0.1, 0.15) is 11.5 Å². The Bertz CT molecular complexity index is 655. The molecule has 0 saturated carbocycles. The van der Waals surface area contributed by atoms with Crippen LogP contribution in [0.3, 0.4) is 0 Å². The number of carbonyl (C=O) groups is 1. The highest BCUT2D eigenvalue weighted by Gasteiger charge is 2.11. The molecule has 1 heterocycles. The van der Waals surface area contributed by atoms with Crippen LogP contribution in [-0.2, 0) is 11.3 Å². The van der Waals surface area contributed by atoms with E-state index >= 15 is 0 Å². The fraction of sp³-hybridized carbons (Fsp3) is 0.267. The normalized spacial score (nSPS) is 9.95. The zero-order valence-corrected chi connectivity index (χ0v) is 12.0. The molecular weight excluding hydrogens is 268 g/mol. The Labute approximate surface area is 123 Å². The number of nitriles is 1. The van der Waals surface area contributed by atoms with Gasteiger partial charge >= 0.3 is 0 Å². The second-order valence-corrected chi connectivity index (χ2v) is 4.72. The van der Waals surface area contributed by atoms with Crippen molar-refractivity contribution in [2.24, 2.45) is 0 Å². The van der Waals surface area contributed by atoms with E-state index in [1.54, 1.807) is 42.3 Å². The van der Waals surface area contributed by atoms with Gasteiger partial charge < -0.3 is 14.7 Å². The number of anilines is 1. The summed E-state index contributed by atoms with van der Waals surface area (Å²) in [7, 11) is 1.72. The third-order valence-corrected chi connectivity index (χ3v) is 2.96. The Balaban J connectivity index is 1.84. The van der Waals surface area contributed by atoms with Gasteiger partial charge in [-0.1, -0.05) is 5.16 Å². The van der Waals surface area contributed by atoms with Crippen molar-refractivity contribution in [3.63, 3.8) is 0 Å². The Kier molecular flexibility index (Phi) is 4.57. The van der Waals surface area contributed by atoms with Crippen LogP contribution in [0, 0.1) is 18.3 Å². The zero-order chi connectivity index (χ0) is 15.2. The minimum absolute atomic E-state index is 0.0555. The first-order valence-electron chi connectivity index (χ1n) is 6.48. The van der Waals surface area contributed by atoms with Crippen molar-refractivity contribution in [2.45, 2.75) is 13.5 Å². The number of nitrogens with zero attached hydrogens (tertiary/aromatic N) is 3. The van der Waals surface area contributed by atoms with E-state index in [0.29, 0.717) is 12.1 Å². The van der Waals surface area contributed by atoms with E-state index in [2.05, 4.69) is 10.5 Å². The quantitative estimate of drug-likeness (QED) is 0.907. The van der Waals surface area contributed by atoms with E-state index in [-0.39, 0.29) is 12.5 Å². The zero-order valence-electron chi connectivity index (χ0n) is 12.0. The number of hydrogen-bond acceptors (Lipinski definition) is 5. The average Bonchev–Trinajstić information content (AvgIpc) is 2.90. The molecule has 0 bridgehead atoms. The standard InChI is InChI=1S/C15H16N4O2/c1-11-7-14(18-21-11)10-19(2)15(20)9-17-13-5-3-12(8-16)4-6-13/h3-7,17H,9-10H2,1-2H3. The second-order valence-electron chi connectivity index (χ2n) is 4.72. The van der Waals surface area contributed by atoms with Gasteiger partial charge in [-0.2, -0.15) is 5.26 Å². The minimum atomic E-state index is -0.0555. The number of likely N-dealkylation sites (N-methyl/N-ethyl adjacent to an activating group) is 1. The van der Waals surface area contributed by atoms with Crippen molar-refractivity contribution >= 4 is 11.6 Å². The summed E-state index contributed by atoms with van der Waals surface area (Å²) in [6, 6.07) is 10.8. The van der Waals surface area contributed by atoms with Crippen molar-refractivity contribution in [1.82, 2.24) is 10.1 Å². The predicted molar refractivity (Wildman–Crippen MR) is 77.4 cm³/mol. The highest BCUT2D eigenvalue weighted by Crippen LogP contribution is 2.09. The first-order valence-corrected chi connectivity index (χ1v) is 6.48. The van der Waals surface area contributed by atoms with Crippen molar-refractivity contribution in [3.8, 4) is 6.07 Å². The van der Waals surface area contributed by atoms with Gasteiger partial charge in [0.2, 0.25) is 5.91 Å². The summed E-state index contributed by atoms with van der Waals surface area (Å²) in [6.45, 7) is 2.40. The highest BCUT2D eigenvalue weighted by atomic mass is 16.5. The third-order valence-electron chi connectivity index (χ3n) is 2.96. The molecule has 6 heteroatoms. The number of aromatic nitrogens is 1. The summed E-state index contributed by atoms with van der Waals surface area (Å²) in [4.78, 5) is 13.6. The molecule has 0 fully saturated rings. The summed E-state index contributed by atoms with van der Waals surface area (Å²) >= 11 is 0.